The highest BCUT2D eigenvalue weighted by molar-refractivity contribution is 7.09. The highest BCUT2D eigenvalue weighted by atomic mass is 32.1. The largest absolute Gasteiger partial charge is 0.493 e. The number of anilines is 1. The van der Waals surface area contributed by atoms with Crippen molar-refractivity contribution in [3.05, 3.63) is 88.6 Å². The summed E-state index contributed by atoms with van der Waals surface area (Å²) in [7, 11) is 3.20. The number of carbonyl (C=O) groups excluding carboxylic acids is 2. The van der Waals surface area contributed by atoms with Gasteiger partial charge in [-0.3, -0.25) is 4.79 Å². The third kappa shape index (κ3) is 8.11. The van der Waals surface area contributed by atoms with E-state index in [1.54, 1.807) is 36.5 Å². The Bertz CT molecular complexity index is 1160. The molecule has 3 rings (SSSR count). The van der Waals surface area contributed by atoms with Gasteiger partial charge in [0.1, 0.15) is 6.54 Å². The van der Waals surface area contributed by atoms with E-state index in [1.165, 1.54) is 10.5 Å². The number of ether oxygens (including phenoxy) is 2. The molecule has 0 atom stereocenters. The summed E-state index contributed by atoms with van der Waals surface area (Å²) in [4.78, 5) is 30.8. The molecule has 2 aromatic carbocycles. The van der Waals surface area contributed by atoms with Crippen LogP contribution in [0.3, 0.4) is 0 Å². The zero-order chi connectivity index (χ0) is 26.6. The van der Waals surface area contributed by atoms with Crippen LogP contribution >= 0.6 is 11.3 Å². The first-order valence-electron chi connectivity index (χ1n) is 12.2. The molecule has 0 fully saturated rings. The fraction of sp³-hybridized carbons (Fsp3) is 0.310. The second-order valence-electron chi connectivity index (χ2n) is 8.48. The molecule has 0 aliphatic carbocycles. The van der Waals surface area contributed by atoms with Crippen LogP contribution in [-0.4, -0.2) is 55.6 Å². The molecule has 0 bridgehead atoms. The number of benzene rings is 2. The molecular formula is C29H35N3O4S. The summed E-state index contributed by atoms with van der Waals surface area (Å²) in [5.74, 6) is 1.18. The summed E-state index contributed by atoms with van der Waals surface area (Å²) in [6.45, 7) is 7.02. The van der Waals surface area contributed by atoms with Crippen molar-refractivity contribution in [1.82, 2.24) is 9.80 Å². The van der Waals surface area contributed by atoms with Crippen molar-refractivity contribution >= 4 is 29.0 Å². The van der Waals surface area contributed by atoms with Crippen LogP contribution in [0.15, 0.2) is 72.6 Å². The number of rotatable bonds is 13. The van der Waals surface area contributed by atoms with E-state index in [1.807, 2.05) is 60.0 Å². The molecule has 196 valence electrons. The molecule has 37 heavy (non-hydrogen) atoms. The van der Waals surface area contributed by atoms with Crippen molar-refractivity contribution in [2.45, 2.75) is 26.3 Å². The third-order valence-corrected chi connectivity index (χ3v) is 6.84. The van der Waals surface area contributed by atoms with Crippen LogP contribution in [0.1, 0.15) is 22.9 Å². The van der Waals surface area contributed by atoms with Gasteiger partial charge in [0.25, 0.3) is 0 Å². The maximum absolute atomic E-state index is 13.5. The Labute approximate surface area is 223 Å². The van der Waals surface area contributed by atoms with E-state index in [9.17, 15) is 9.59 Å². The molecule has 3 amide bonds. The summed E-state index contributed by atoms with van der Waals surface area (Å²) in [6.07, 6.45) is 3.18. The lowest BCUT2D eigenvalue weighted by atomic mass is 10.1. The minimum absolute atomic E-state index is 0.0534. The van der Waals surface area contributed by atoms with Crippen LogP contribution in [-0.2, 0) is 24.2 Å². The zero-order valence-electron chi connectivity index (χ0n) is 21.7. The number of hydrogen-bond acceptors (Lipinski definition) is 5. The van der Waals surface area contributed by atoms with E-state index >= 15 is 0 Å². The number of aryl methyl sites for hydroxylation is 1. The normalized spacial score (nSPS) is 10.5. The first-order valence-corrected chi connectivity index (χ1v) is 13.1. The second kappa shape index (κ2) is 14.1. The first kappa shape index (κ1) is 27.8. The van der Waals surface area contributed by atoms with Gasteiger partial charge in [-0.1, -0.05) is 37.3 Å². The lowest BCUT2D eigenvalue weighted by Crippen LogP contribution is -2.44. The summed E-state index contributed by atoms with van der Waals surface area (Å²) in [6, 6.07) is 17.1. The minimum Gasteiger partial charge on any atom is -0.493 e. The monoisotopic (exact) mass is 521 g/mol. The Morgan fingerprint density at radius 2 is 1.73 bits per heavy atom. The predicted octanol–water partition coefficient (Wildman–Crippen LogP) is 5.62. The van der Waals surface area contributed by atoms with Gasteiger partial charge in [0.05, 0.1) is 20.8 Å². The lowest BCUT2D eigenvalue weighted by Gasteiger charge is -2.27. The molecule has 8 heteroatoms. The molecule has 0 radical (unpaired) electrons. The van der Waals surface area contributed by atoms with Crippen molar-refractivity contribution in [3.8, 4) is 11.5 Å². The smallest absolute Gasteiger partial charge is 0.322 e. The number of thiophene rings is 1. The Kier molecular flexibility index (Phi) is 10.6. The third-order valence-electron chi connectivity index (χ3n) is 5.97. The Balaban J connectivity index is 1.71. The fourth-order valence-electron chi connectivity index (χ4n) is 3.85. The molecule has 1 N–H and O–H groups in total. The first-order chi connectivity index (χ1) is 18.0. The lowest BCUT2D eigenvalue weighted by molar-refractivity contribution is -0.132. The standard InChI is InChI=1S/C29H35N3O4S/c1-5-16-32(29(34)30-24-12-9-22(6-2)10-13-24)21-28(33)31(20-25-8-7-18-37-25)17-15-23-11-14-26(35-3)27(19-23)36-4/h5,7-14,18-19H,1,6,15-17,20-21H2,2-4H3,(H,30,34). The maximum atomic E-state index is 13.5. The van der Waals surface area contributed by atoms with Gasteiger partial charge in [0.15, 0.2) is 11.5 Å². The molecule has 7 nitrogen and oxygen atoms in total. The van der Waals surface area contributed by atoms with Crippen molar-refractivity contribution in [2.24, 2.45) is 0 Å². The molecule has 0 aliphatic heterocycles. The van der Waals surface area contributed by atoms with Crippen molar-refractivity contribution < 1.29 is 19.1 Å². The van der Waals surface area contributed by atoms with E-state index in [-0.39, 0.29) is 25.0 Å². The number of urea groups is 1. The number of carbonyl (C=O) groups is 2. The Hall–Kier alpha value is -3.78. The van der Waals surface area contributed by atoms with E-state index in [2.05, 4.69) is 18.8 Å². The molecule has 0 spiro atoms. The van der Waals surface area contributed by atoms with Gasteiger partial charge in [0.2, 0.25) is 5.91 Å². The molecule has 1 heterocycles. The van der Waals surface area contributed by atoms with Crippen molar-refractivity contribution in [1.29, 1.82) is 0 Å². The quantitative estimate of drug-likeness (QED) is 0.297. The highest BCUT2D eigenvalue weighted by Crippen LogP contribution is 2.28. The molecule has 0 aliphatic rings. The molecular weight excluding hydrogens is 486 g/mol. The van der Waals surface area contributed by atoms with E-state index in [4.69, 9.17) is 9.47 Å². The second-order valence-corrected chi connectivity index (χ2v) is 9.52. The zero-order valence-corrected chi connectivity index (χ0v) is 22.6. The van der Waals surface area contributed by atoms with Crippen molar-refractivity contribution in [2.75, 3.05) is 39.2 Å². The van der Waals surface area contributed by atoms with Gasteiger partial charge in [0, 0.05) is 23.7 Å². The van der Waals surface area contributed by atoms with E-state index in [0.29, 0.717) is 36.7 Å². The number of amides is 3. The van der Waals surface area contributed by atoms with Gasteiger partial charge in [-0.05, 0) is 59.7 Å². The number of nitrogens with zero attached hydrogens (tertiary/aromatic N) is 2. The molecule has 1 aromatic heterocycles. The average Bonchev–Trinajstić information content (AvgIpc) is 3.44. The number of hydrogen-bond donors (Lipinski definition) is 1. The molecule has 0 unspecified atom stereocenters. The predicted molar refractivity (Wildman–Crippen MR) is 150 cm³/mol. The van der Waals surface area contributed by atoms with Gasteiger partial charge in [-0.2, -0.15) is 0 Å². The fourth-order valence-corrected chi connectivity index (χ4v) is 4.57. The topological polar surface area (TPSA) is 71.1 Å². The average molecular weight is 522 g/mol. The molecule has 0 saturated heterocycles. The summed E-state index contributed by atoms with van der Waals surface area (Å²) >= 11 is 1.60. The number of methoxy groups -OCH3 is 2. The van der Waals surface area contributed by atoms with Gasteiger partial charge in [-0.15, -0.1) is 17.9 Å². The summed E-state index contributed by atoms with van der Waals surface area (Å²) < 4.78 is 10.7. The van der Waals surface area contributed by atoms with Crippen LogP contribution in [0.4, 0.5) is 10.5 Å². The van der Waals surface area contributed by atoms with Crippen LogP contribution in [0.25, 0.3) is 0 Å². The maximum Gasteiger partial charge on any atom is 0.322 e. The SMILES string of the molecule is C=CCN(CC(=O)N(CCc1ccc(OC)c(OC)c1)Cc1cccs1)C(=O)Nc1ccc(CC)cc1. The van der Waals surface area contributed by atoms with Gasteiger partial charge >= 0.3 is 6.03 Å². The van der Waals surface area contributed by atoms with Crippen LogP contribution < -0.4 is 14.8 Å². The van der Waals surface area contributed by atoms with E-state index < -0.39 is 0 Å². The van der Waals surface area contributed by atoms with Crippen LogP contribution in [0.5, 0.6) is 11.5 Å². The summed E-state index contributed by atoms with van der Waals surface area (Å²) in [5, 5.41) is 4.89. The van der Waals surface area contributed by atoms with Crippen LogP contribution in [0, 0.1) is 0 Å². The van der Waals surface area contributed by atoms with E-state index in [0.717, 1.165) is 16.9 Å². The Morgan fingerprint density at radius 1 is 1.00 bits per heavy atom. The van der Waals surface area contributed by atoms with Gasteiger partial charge < -0.3 is 24.6 Å². The Morgan fingerprint density at radius 3 is 2.35 bits per heavy atom. The summed E-state index contributed by atoms with van der Waals surface area (Å²) in [5.41, 5.74) is 2.90. The van der Waals surface area contributed by atoms with Gasteiger partial charge in [-0.25, -0.2) is 4.79 Å². The molecule has 0 saturated carbocycles. The number of nitrogens with one attached hydrogen (secondary N) is 1. The van der Waals surface area contributed by atoms with Crippen LogP contribution in [0.2, 0.25) is 0 Å². The van der Waals surface area contributed by atoms with Crippen molar-refractivity contribution in [3.63, 3.8) is 0 Å². The highest BCUT2D eigenvalue weighted by Gasteiger charge is 2.21. The minimum atomic E-state index is -0.339. The molecule has 3 aromatic rings.